The number of nitrogens with one attached hydrogen (secondary N) is 4. The molecular formula is C49H93N11O8. The highest BCUT2D eigenvalue weighted by atomic mass is 16.3. The van der Waals surface area contributed by atoms with Gasteiger partial charge in [-0.1, -0.05) is 104 Å². The number of ketones is 3. The maximum atomic E-state index is 14.1. The second-order valence-electron chi connectivity index (χ2n) is 18.7. The summed E-state index contributed by atoms with van der Waals surface area (Å²) in [7, 11) is 1.49. The number of carbonyl (C=O) groups is 7. The van der Waals surface area contributed by atoms with Crippen LogP contribution in [0.15, 0.2) is 9.98 Å². The van der Waals surface area contributed by atoms with Crippen LogP contribution in [-0.2, 0) is 33.6 Å². The Morgan fingerprint density at radius 2 is 1.03 bits per heavy atom. The van der Waals surface area contributed by atoms with E-state index < -0.39 is 59.8 Å². The minimum Gasteiger partial charge on any atom is -0.396 e. The molecule has 0 fully saturated rings. The lowest BCUT2D eigenvalue weighted by Gasteiger charge is -2.26. The zero-order chi connectivity index (χ0) is 51.1. The Balaban J connectivity index is 5.71. The van der Waals surface area contributed by atoms with Crippen LogP contribution in [0, 0.1) is 23.7 Å². The summed E-state index contributed by atoms with van der Waals surface area (Å²) >= 11 is 0. The van der Waals surface area contributed by atoms with Crippen LogP contribution in [0.4, 0.5) is 0 Å². The maximum absolute atomic E-state index is 14.1. The number of unbranched alkanes of at least 4 members (excludes halogenated alkanes) is 13. The molecular weight excluding hydrogens is 871 g/mol. The SMILES string of the molecule is CCCCCCCCCCCCCCCC(=O)NCC(=O)C[C@@H](CO)C(=O)N[C@@H](CCCN=C(N)N)C(=O)C[C@@H](CC(C)C)C(=O)N[C@@H](CCCN=C(N)N)C(=O)C[C@@H](CCCCN)C(=O)NC. The van der Waals surface area contributed by atoms with E-state index in [1.165, 1.54) is 64.8 Å². The molecule has 0 bridgehead atoms. The van der Waals surface area contributed by atoms with Crippen molar-refractivity contribution in [2.45, 2.75) is 193 Å². The molecule has 0 radical (unpaired) electrons. The zero-order valence-electron chi connectivity index (χ0n) is 42.3. The highest BCUT2D eigenvalue weighted by Gasteiger charge is 2.33. The monoisotopic (exact) mass is 964 g/mol. The Kier molecular flexibility index (Phi) is 37.5. The molecule has 0 aromatic carbocycles. The van der Waals surface area contributed by atoms with Crippen LogP contribution in [0.3, 0.4) is 0 Å². The van der Waals surface area contributed by atoms with Gasteiger partial charge < -0.3 is 55.0 Å². The van der Waals surface area contributed by atoms with Gasteiger partial charge in [0.2, 0.25) is 23.6 Å². The van der Waals surface area contributed by atoms with Gasteiger partial charge >= 0.3 is 0 Å². The molecule has 15 N–H and O–H groups in total. The number of Topliss-reactive ketones (excluding diaryl/α,β-unsaturated/α-hetero) is 3. The van der Waals surface area contributed by atoms with Crippen LogP contribution in [0.25, 0.3) is 0 Å². The van der Waals surface area contributed by atoms with Gasteiger partial charge in [0, 0.05) is 57.7 Å². The fraction of sp³-hybridized carbons (Fsp3) is 0.816. The first kappa shape index (κ1) is 63.4. The predicted molar refractivity (Wildman–Crippen MR) is 270 cm³/mol. The van der Waals surface area contributed by atoms with Crippen LogP contribution < -0.4 is 49.9 Å². The van der Waals surface area contributed by atoms with Crippen LogP contribution in [0.1, 0.15) is 181 Å². The lowest BCUT2D eigenvalue weighted by Crippen LogP contribution is -2.48. The molecule has 0 heterocycles. The number of nitrogens with two attached hydrogens (primary N) is 5. The summed E-state index contributed by atoms with van der Waals surface area (Å²) in [6.07, 6.45) is 17.8. The number of hydrogen-bond donors (Lipinski definition) is 10. The van der Waals surface area contributed by atoms with Crippen LogP contribution >= 0.6 is 0 Å². The number of rotatable bonds is 44. The van der Waals surface area contributed by atoms with Gasteiger partial charge in [0.25, 0.3) is 0 Å². The lowest BCUT2D eigenvalue weighted by atomic mass is 9.87. The summed E-state index contributed by atoms with van der Waals surface area (Å²) in [5.74, 6) is -6.23. The van der Waals surface area contributed by atoms with E-state index in [1.54, 1.807) is 0 Å². The third-order valence-corrected chi connectivity index (χ3v) is 12.0. The average Bonchev–Trinajstić information content (AvgIpc) is 3.29. The van der Waals surface area contributed by atoms with Crippen molar-refractivity contribution in [1.82, 2.24) is 21.3 Å². The molecule has 0 spiro atoms. The van der Waals surface area contributed by atoms with E-state index in [4.69, 9.17) is 28.7 Å². The smallest absolute Gasteiger partial charge is 0.226 e. The molecule has 0 saturated heterocycles. The van der Waals surface area contributed by atoms with Crippen molar-refractivity contribution in [3.05, 3.63) is 0 Å². The molecule has 5 atom stereocenters. The largest absolute Gasteiger partial charge is 0.396 e. The Hall–Kier alpha value is -4.65. The van der Waals surface area contributed by atoms with E-state index in [0.717, 1.165) is 19.3 Å². The average molecular weight is 964 g/mol. The van der Waals surface area contributed by atoms with Gasteiger partial charge in [-0.2, -0.15) is 0 Å². The highest BCUT2D eigenvalue weighted by Crippen LogP contribution is 2.22. The van der Waals surface area contributed by atoms with Crippen molar-refractivity contribution in [2.24, 2.45) is 62.3 Å². The molecule has 68 heavy (non-hydrogen) atoms. The summed E-state index contributed by atoms with van der Waals surface area (Å²) in [5, 5.41) is 21.0. The van der Waals surface area contributed by atoms with E-state index in [9.17, 15) is 38.7 Å². The van der Waals surface area contributed by atoms with E-state index in [-0.39, 0.29) is 100 Å². The van der Waals surface area contributed by atoms with Gasteiger partial charge in [0.15, 0.2) is 29.3 Å². The predicted octanol–water partition coefficient (Wildman–Crippen LogP) is 3.30. The summed E-state index contributed by atoms with van der Waals surface area (Å²) in [5.41, 5.74) is 27.6. The molecule has 0 aliphatic carbocycles. The minimum absolute atomic E-state index is 0.0516. The van der Waals surface area contributed by atoms with Crippen molar-refractivity contribution in [3.63, 3.8) is 0 Å². The maximum Gasteiger partial charge on any atom is 0.226 e. The Labute approximate surface area is 407 Å². The van der Waals surface area contributed by atoms with Gasteiger partial charge in [-0.15, -0.1) is 0 Å². The topological polar surface area (TPSA) is 343 Å². The number of carbonyl (C=O) groups excluding carboxylic acids is 7. The first-order valence-electron chi connectivity index (χ1n) is 25.6. The number of guanidine groups is 2. The summed E-state index contributed by atoms with van der Waals surface area (Å²) in [6, 6.07) is -2.15. The standard InChI is InChI=1S/C49H93N11O8/c1-5-6-7-8-9-10-11-12-13-14-15-16-17-25-44(65)58-33-39(62)30-38(34-61)47(68)60-41(24-21-28-57-49(53)54)43(64)32-37(29-35(2)3)46(67)59-40(23-20-27-56-48(51)52)42(63)31-36(45(66)55-4)22-18-19-26-50/h35-38,40-41,61H,5-34,50H2,1-4H3,(H,55,66)(H,58,65)(H,59,67)(H,60,68)(H4,51,52,56)(H4,53,54,57)/t36-,37-,38+,40+,41+/m1/s1. The summed E-state index contributed by atoms with van der Waals surface area (Å²) in [6.45, 7) is 5.79. The second-order valence-corrected chi connectivity index (χ2v) is 18.7. The zero-order valence-corrected chi connectivity index (χ0v) is 42.3. The number of aliphatic hydroxyl groups excluding tert-OH is 1. The lowest BCUT2D eigenvalue weighted by molar-refractivity contribution is -0.136. The normalized spacial score (nSPS) is 13.3. The molecule has 0 aliphatic heterocycles. The molecule has 0 saturated carbocycles. The molecule has 0 rings (SSSR count). The first-order chi connectivity index (χ1) is 32.5. The number of aliphatic imine (C=N–C) groups is 2. The van der Waals surface area contributed by atoms with E-state index in [2.05, 4.69) is 38.2 Å². The molecule has 19 nitrogen and oxygen atoms in total. The van der Waals surface area contributed by atoms with Crippen LogP contribution in [0.2, 0.25) is 0 Å². The van der Waals surface area contributed by atoms with E-state index >= 15 is 0 Å². The highest BCUT2D eigenvalue weighted by molar-refractivity contribution is 5.96. The van der Waals surface area contributed by atoms with Crippen LogP contribution in [-0.4, -0.2) is 110 Å². The van der Waals surface area contributed by atoms with Crippen LogP contribution in [0.5, 0.6) is 0 Å². The number of hydrogen-bond acceptors (Lipinski definition) is 11. The summed E-state index contributed by atoms with van der Waals surface area (Å²) in [4.78, 5) is 102. The molecule has 19 heteroatoms. The van der Waals surface area contributed by atoms with Gasteiger partial charge in [0.05, 0.1) is 31.2 Å². The van der Waals surface area contributed by atoms with Gasteiger partial charge in [-0.05, 0) is 63.8 Å². The van der Waals surface area contributed by atoms with Crippen molar-refractivity contribution in [1.29, 1.82) is 0 Å². The fourth-order valence-corrected chi connectivity index (χ4v) is 8.08. The third kappa shape index (κ3) is 32.9. The summed E-state index contributed by atoms with van der Waals surface area (Å²) < 4.78 is 0. The number of aliphatic hydroxyl groups is 1. The molecule has 4 amide bonds. The molecule has 0 aromatic rings. The molecule has 0 aliphatic rings. The number of amides is 4. The van der Waals surface area contributed by atoms with Crippen molar-refractivity contribution in [3.8, 4) is 0 Å². The van der Waals surface area contributed by atoms with Gasteiger partial charge in [-0.3, -0.25) is 43.5 Å². The fourth-order valence-electron chi connectivity index (χ4n) is 8.08. The molecule has 0 aromatic heterocycles. The second kappa shape index (κ2) is 40.3. The Morgan fingerprint density at radius 1 is 0.559 bits per heavy atom. The van der Waals surface area contributed by atoms with Gasteiger partial charge in [0.1, 0.15) is 0 Å². The minimum atomic E-state index is -1.21. The van der Waals surface area contributed by atoms with Gasteiger partial charge in [-0.25, -0.2) is 0 Å². The van der Waals surface area contributed by atoms with Crippen molar-refractivity contribution in [2.75, 3.05) is 39.8 Å². The van der Waals surface area contributed by atoms with E-state index in [0.29, 0.717) is 45.1 Å². The van der Waals surface area contributed by atoms with Crippen molar-refractivity contribution < 1.29 is 38.7 Å². The first-order valence-corrected chi connectivity index (χ1v) is 25.6. The molecule has 0 unspecified atom stereocenters. The Morgan fingerprint density at radius 3 is 1.47 bits per heavy atom. The quantitative estimate of drug-likeness (QED) is 0.0238. The molecule has 392 valence electrons. The van der Waals surface area contributed by atoms with E-state index in [1.807, 2.05) is 13.8 Å². The van der Waals surface area contributed by atoms with Crippen molar-refractivity contribution >= 4 is 52.9 Å². The third-order valence-electron chi connectivity index (χ3n) is 12.0. The Bertz CT molecular complexity index is 1520. The number of nitrogens with zero attached hydrogens (tertiary/aromatic N) is 2.